The third-order valence-electron chi connectivity index (χ3n) is 3.24. The van der Waals surface area contributed by atoms with Crippen molar-refractivity contribution in [2.45, 2.75) is 24.9 Å². The van der Waals surface area contributed by atoms with Gasteiger partial charge in [0.05, 0.1) is 18.1 Å². The summed E-state index contributed by atoms with van der Waals surface area (Å²) in [6.07, 6.45) is 0.562. The van der Waals surface area contributed by atoms with Crippen LogP contribution >= 0.6 is 0 Å². The first-order valence-corrected chi connectivity index (χ1v) is 5.82. The van der Waals surface area contributed by atoms with Gasteiger partial charge < -0.3 is 25.3 Å². The van der Waals surface area contributed by atoms with Gasteiger partial charge in [-0.15, -0.1) is 0 Å². The Hall–Kier alpha value is -1.77. The molecular formula is C11H13FN4O3. The van der Waals surface area contributed by atoms with Gasteiger partial charge in [-0.1, -0.05) is 0 Å². The maximum atomic E-state index is 13.9. The number of nitrogens with two attached hydrogens (primary N) is 1. The fraction of sp³-hybridized carbons (Fsp3) is 0.455. The largest absolute Gasteiger partial charge is 0.394 e. The van der Waals surface area contributed by atoms with Crippen molar-refractivity contribution >= 4 is 16.9 Å². The molecule has 1 aliphatic rings. The highest BCUT2D eigenvalue weighted by Crippen LogP contribution is 2.33. The summed E-state index contributed by atoms with van der Waals surface area (Å²) in [6.45, 7) is -0.202. The molecule has 1 fully saturated rings. The molecule has 3 rings (SSSR count). The molecule has 1 unspecified atom stereocenters. The van der Waals surface area contributed by atoms with Gasteiger partial charge >= 0.3 is 0 Å². The summed E-state index contributed by atoms with van der Waals surface area (Å²) < 4.78 is 20.7. The monoisotopic (exact) mass is 268 g/mol. The van der Waals surface area contributed by atoms with E-state index in [4.69, 9.17) is 15.6 Å². The molecule has 0 spiro atoms. The molecule has 2 aromatic heterocycles. The number of fused-ring (bicyclic) bond motifs is 1. The molecule has 1 saturated heterocycles. The van der Waals surface area contributed by atoms with Gasteiger partial charge in [-0.05, 0) is 0 Å². The number of anilines is 1. The van der Waals surface area contributed by atoms with Crippen LogP contribution in [0.2, 0.25) is 0 Å². The number of hydrogen-bond acceptors (Lipinski definition) is 6. The maximum Gasteiger partial charge on any atom is 0.161 e. The summed E-state index contributed by atoms with van der Waals surface area (Å²) in [6, 6.07) is 0. The lowest BCUT2D eigenvalue weighted by atomic mass is 10.2. The number of aliphatic hydroxyl groups excluding tert-OH is 2. The van der Waals surface area contributed by atoms with E-state index < -0.39 is 24.3 Å². The first-order chi connectivity index (χ1) is 9.11. The number of nitrogen functional groups attached to an aromatic ring is 1. The lowest BCUT2D eigenvalue weighted by Gasteiger charge is -2.16. The Bertz CT molecular complexity index is 617. The van der Waals surface area contributed by atoms with Crippen LogP contribution in [-0.2, 0) is 4.74 Å². The number of aliphatic hydroxyl groups is 2. The predicted octanol–water partition coefficient (Wildman–Crippen LogP) is -0.207. The second-order valence-corrected chi connectivity index (χ2v) is 4.48. The van der Waals surface area contributed by atoms with Crippen LogP contribution in [0.3, 0.4) is 0 Å². The summed E-state index contributed by atoms with van der Waals surface area (Å²) in [5, 5.41) is 19.1. The fourth-order valence-corrected chi connectivity index (χ4v) is 2.35. The third-order valence-corrected chi connectivity index (χ3v) is 3.24. The van der Waals surface area contributed by atoms with Gasteiger partial charge in [0, 0.05) is 12.6 Å². The molecule has 0 aliphatic carbocycles. The van der Waals surface area contributed by atoms with Crippen LogP contribution in [0.5, 0.6) is 0 Å². The van der Waals surface area contributed by atoms with E-state index in [9.17, 15) is 9.50 Å². The van der Waals surface area contributed by atoms with Gasteiger partial charge in [0.2, 0.25) is 0 Å². The summed E-state index contributed by atoms with van der Waals surface area (Å²) in [7, 11) is 0. The molecule has 3 atom stereocenters. The van der Waals surface area contributed by atoms with Crippen LogP contribution in [0, 0.1) is 5.82 Å². The molecule has 0 saturated carbocycles. The number of hydrogen-bond donors (Lipinski definition) is 3. The highest BCUT2D eigenvalue weighted by molar-refractivity contribution is 5.86. The highest BCUT2D eigenvalue weighted by Gasteiger charge is 2.36. The van der Waals surface area contributed by atoms with Crippen molar-refractivity contribution < 1.29 is 19.3 Å². The number of nitrogens with zero attached hydrogens (tertiary/aromatic N) is 3. The van der Waals surface area contributed by atoms with E-state index in [0.717, 1.165) is 0 Å². The number of halogens is 1. The molecule has 0 radical (unpaired) electrons. The predicted molar refractivity (Wildman–Crippen MR) is 63.5 cm³/mol. The lowest BCUT2D eigenvalue weighted by Crippen LogP contribution is -2.19. The van der Waals surface area contributed by atoms with E-state index in [0.29, 0.717) is 0 Å². The van der Waals surface area contributed by atoms with E-state index in [1.807, 2.05) is 0 Å². The summed E-state index contributed by atoms with van der Waals surface area (Å²) in [4.78, 5) is 7.70. The van der Waals surface area contributed by atoms with Crippen molar-refractivity contribution in [2.75, 3.05) is 12.3 Å². The van der Waals surface area contributed by atoms with E-state index in [1.165, 1.54) is 17.1 Å². The smallest absolute Gasteiger partial charge is 0.161 e. The Morgan fingerprint density at radius 2 is 2.32 bits per heavy atom. The number of ether oxygens (including phenoxy) is 1. The average molecular weight is 268 g/mol. The van der Waals surface area contributed by atoms with Gasteiger partial charge in [-0.2, -0.15) is 0 Å². The Labute approximate surface area is 107 Å². The Balaban J connectivity index is 2.09. The van der Waals surface area contributed by atoms with Gasteiger partial charge in [-0.25, -0.2) is 14.4 Å². The van der Waals surface area contributed by atoms with Crippen LogP contribution in [0.4, 0.5) is 10.2 Å². The molecule has 3 heterocycles. The van der Waals surface area contributed by atoms with Gasteiger partial charge in [0.15, 0.2) is 17.7 Å². The molecule has 19 heavy (non-hydrogen) atoms. The molecule has 8 heteroatoms. The first-order valence-electron chi connectivity index (χ1n) is 5.82. The van der Waals surface area contributed by atoms with E-state index in [2.05, 4.69) is 9.97 Å². The zero-order valence-electron chi connectivity index (χ0n) is 9.90. The number of rotatable bonds is 2. The van der Waals surface area contributed by atoms with Crippen molar-refractivity contribution in [3.63, 3.8) is 0 Å². The van der Waals surface area contributed by atoms with E-state index >= 15 is 0 Å². The second kappa shape index (κ2) is 4.41. The quantitative estimate of drug-likeness (QED) is 0.696. The first kappa shape index (κ1) is 12.3. The van der Waals surface area contributed by atoms with Gasteiger partial charge in [0.1, 0.15) is 18.2 Å². The topological polar surface area (TPSA) is 106 Å². The van der Waals surface area contributed by atoms with Gasteiger partial charge in [0.25, 0.3) is 0 Å². The van der Waals surface area contributed by atoms with Crippen LogP contribution in [-0.4, -0.2) is 43.6 Å². The average Bonchev–Trinajstić information content (AvgIpc) is 2.91. The SMILES string of the molecule is Nc1ncnc2c1c(F)cn2[C@@H]1O[C@H](CO)CC1O. The zero-order valence-corrected chi connectivity index (χ0v) is 9.90. The third kappa shape index (κ3) is 1.84. The van der Waals surface area contributed by atoms with E-state index in [-0.39, 0.29) is 29.9 Å². The van der Waals surface area contributed by atoms with Crippen LogP contribution in [0.1, 0.15) is 12.6 Å². The van der Waals surface area contributed by atoms with Crippen molar-refractivity contribution in [2.24, 2.45) is 0 Å². The second-order valence-electron chi connectivity index (χ2n) is 4.48. The molecule has 0 aromatic carbocycles. The van der Waals surface area contributed by atoms with Gasteiger partial charge in [-0.3, -0.25) is 0 Å². The van der Waals surface area contributed by atoms with E-state index in [1.54, 1.807) is 0 Å². The standard InChI is InChI=1S/C11H13FN4O3/c12-6-2-16(10-8(6)9(13)14-4-15-10)11-7(18)1-5(3-17)19-11/h2,4-5,7,11,17-18H,1,3H2,(H2,13,14,15)/t5-,7?,11+/m0/s1. The molecule has 102 valence electrons. The Morgan fingerprint density at radius 3 is 3.00 bits per heavy atom. The lowest BCUT2D eigenvalue weighted by molar-refractivity contribution is -0.0486. The van der Waals surface area contributed by atoms with Crippen LogP contribution < -0.4 is 5.73 Å². The summed E-state index contributed by atoms with van der Waals surface area (Å²) in [5.74, 6) is -0.538. The highest BCUT2D eigenvalue weighted by atomic mass is 19.1. The molecule has 1 aliphatic heterocycles. The summed E-state index contributed by atoms with van der Waals surface area (Å²) >= 11 is 0. The fourth-order valence-electron chi connectivity index (χ4n) is 2.35. The Kier molecular flexibility index (Phi) is 2.85. The minimum Gasteiger partial charge on any atom is -0.394 e. The summed E-state index contributed by atoms with van der Waals surface area (Å²) in [5.41, 5.74) is 5.87. The van der Waals surface area contributed by atoms with Crippen LogP contribution in [0.15, 0.2) is 12.5 Å². The van der Waals surface area contributed by atoms with Crippen molar-refractivity contribution in [3.05, 3.63) is 18.3 Å². The zero-order chi connectivity index (χ0) is 13.6. The molecule has 4 N–H and O–H groups in total. The van der Waals surface area contributed by atoms with Crippen LogP contribution in [0.25, 0.3) is 11.0 Å². The van der Waals surface area contributed by atoms with Crippen molar-refractivity contribution in [1.29, 1.82) is 0 Å². The number of aromatic nitrogens is 3. The normalized spacial score (nSPS) is 27.2. The Morgan fingerprint density at radius 1 is 1.53 bits per heavy atom. The molecular weight excluding hydrogens is 255 g/mol. The molecule has 2 aromatic rings. The van der Waals surface area contributed by atoms with Crippen molar-refractivity contribution in [1.82, 2.24) is 14.5 Å². The minimum atomic E-state index is -0.844. The maximum absolute atomic E-state index is 13.9. The van der Waals surface area contributed by atoms with Crippen molar-refractivity contribution in [3.8, 4) is 0 Å². The molecule has 0 bridgehead atoms. The minimum absolute atomic E-state index is 0.0347. The molecule has 0 amide bonds. The molecule has 7 nitrogen and oxygen atoms in total.